The highest BCUT2D eigenvalue weighted by atomic mass is 35.5. The zero-order valence-corrected chi connectivity index (χ0v) is 9.14. The summed E-state index contributed by atoms with van der Waals surface area (Å²) in [6.45, 7) is 0. The third kappa shape index (κ3) is 3.54. The molecule has 4 nitrogen and oxygen atoms in total. The lowest BCUT2D eigenvalue weighted by Crippen LogP contribution is -2.20. The van der Waals surface area contributed by atoms with E-state index >= 15 is 0 Å². The van der Waals surface area contributed by atoms with Crippen LogP contribution in [0.4, 0.5) is 5.69 Å². The number of nitrogens with zero attached hydrogens (tertiary/aromatic N) is 2. The minimum atomic E-state index is -0.0426. The fourth-order valence-corrected chi connectivity index (χ4v) is 0.997. The van der Waals surface area contributed by atoms with E-state index < -0.39 is 0 Å². The molecule has 0 unspecified atom stereocenters. The van der Waals surface area contributed by atoms with Gasteiger partial charge in [-0.2, -0.15) is 10.4 Å². The molecule has 76 valence electrons. The van der Waals surface area contributed by atoms with Gasteiger partial charge in [-0.15, -0.1) is 0 Å². The van der Waals surface area contributed by atoms with Crippen molar-refractivity contribution in [1.29, 1.82) is 5.26 Å². The number of thiocarbonyl (C=S) groups is 1. The van der Waals surface area contributed by atoms with Crippen molar-refractivity contribution in [3.05, 3.63) is 29.3 Å². The quantitative estimate of drug-likeness (QED) is 0.479. The number of nitriles is 1. The lowest BCUT2D eigenvalue weighted by Gasteiger charge is -2.00. The van der Waals surface area contributed by atoms with E-state index in [9.17, 15) is 0 Å². The Morgan fingerprint density at radius 3 is 2.53 bits per heavy atom. The van der Waals surface area contributed by atoms with Crippen LogP contribution < -0.4 is 11.2 Å². The predicted molar refractivity (Wildman–Crippen MR) is 64.9 cm³/mol. The van der Waals surface area contributed by atoms with E-state index in [0.717, 1.165) is 0 Å². The summed E-state index contributed by atoms with van der Waals surface area (Å²) >= 11 is 10.3. The largest absolute Gasteiger partial charge is 0.387 e. The average molecular weight is 239 g/mol. The zero-order valence-electron chi connectivity index (χ0n) is 7.57. The van der Waals surface area contributed by atoms with Crippen LogP contribution in [-0.2, 0) is 0 Å². The molecule has 1 aromatic rings. The Morgan fingerprint density at radius 2 is 2.07 bits per heavy atom. The van der Waals surface area contributed by atoms with Crippen LogP contribution in [0.25, 0.3) is 0 Å². The SMILES string of the molecule is N#C/C(=N\Nc1ccc(Cl)cc1)C(N)=S. The maximum Gasteiger partial charge on any atom is 0.194 e. The minimum Gasteiger partial charge on any atom is -0.387 e. The molecule has 15 heavy (non-hydrogen) atoms. The molecule has 0 aliphatic heterocycles. The summed E-state index contributed by atoms with van der Waals surface area (Å²) in [5, 5.41) is 13.0. The molecule has 6 heteroatoms. The Bertz CT molecular complexity index is 432. The first kappa shape index (κ1) is 11.4. The lowest BCUT2D eigenvalue weighted by atomic mass is 10.3. The third-order valence-electron chi connectivity index (χ3n) is 1.48. The van der Waals surface area contributed by atoms with E-state index in [0.29, 0.717) is 10.7 Å². The number of hydrazone groups is 1. The van der Waals surface area contributed by atoms with Crippen LogP contribution in [0, 0.1) is 11.3 Å². The van der Waals surface area contributed by atoms with Gasteiger partial charge in [0.25, 0.3) is 0 Å². The van der Waals surface area contributed by atoms with Gasteiger partial charge >= 0.3 is 0 Å². The van der Waals surface area contributed by atoms with Crippen molar-refractivity contribution in [2.24, 2.45) is 10.8 Å². The monoisotopic (exact) mass is 238 g/mol. The standard InChI is InChI=1S/C9H7ClN4S/c10-6-1-3-7(4-2-6)13-14-8(5-11)9(12)15/h1-4,13H,(H2,12,15)/b14-8+. The Hall–Kier alpha value is -1.64. The normalized spacial score (nSPS) is 10.5. The fraction of sp³-hybridized carbons (Fsp3) is 0. The lowest BCUT2D eigenvalue weighted by molar-refractivity contribution is 1.34. The first-order valence-electron chi connectivity index (χ1n) is 3.92. The summed E-state index contributed by atoms with van der Waals surface area (Å²) in [7, 11) is 0. The van der Waals surface area contributed by atoms with Crippen LogP contribution in [0.2, 0.25) is 5.02 Å². The molecule has 0 saturated heterocycles. The summed E-state index contributed by atoms with van der Waals surface area (Å²) in [6.07, 6.45) is 0. The molecule has 0 heterocycles. The molecule has 0 bridgehead atoms. The van der Waals surface area contributed by atoms with Gasteiger partial charge in [0, 0.05) is 5.02 Å². The molecule has 0 aliphatic carbocycles. The number of benzene rings is 1. The van der Waals surface area contributed by atoms with E-state index in [2.05, 4.69) is 22.7 Å². The Morgan fingerprint density at radius 1 is 1.47 bits per heavy atom. The second kappa shape index (κ2) is 5.29. The van der Waals surface area contributed by atoms with Gasteiger partial charge in [-0.25, -0.2) is 0 Å². The molecule has 0 amide bonds. The van der Waals surface area contributed by atoms with Gasteiger partial charge in [0.05, 0.1) is 5.69 Å². The van der Waals surface area contributed by atoms with Crippen molar-refractivity contribution in [1.82, 2.24) is 0 Å². The number of hydrogen-bond donors (Lipinski definition) is 2. The summed E-state index contributed by atoms with van der Waals surface area (Å²) in [5.74, 6) is 0. The number of halogens is 1. The molecular weight excluding hydrogens is 232 g/mol. The van der Waals surface area contributed by atoms with Gasteiger partial charge < -0.3 is 5.73 Å². The molecule has 0 atom stereocenters. The molecular formula is C9H7ClN4S. The topological polar surface area (TPSA) is 74.2 Å². The molecule has 0 aromatic heterocycles. The van der Waals surface area contributed by atoms with Crippen molar-refractivity contribution in [2.75, 3.05) is 5.43 Å². The Balaban J connectivity index is 2.76. The van der Waals surface area contributed by atoms with Gasteiger partial charge in [-0.05, 0) is 24.3 Å². The first-order valence-corrected chi connectivity index (χ1v) is 4.71. The fourth-order valence-electron chi connectivity index (χ4n) is 0.780. The summed E-state index contributed by atoms with van der Waals surface area (Å²) in [4.78, 5) is -0.0426. The Kier molecular flexibility index (Phi) is 4.03. The predicted octanol–water partition coefficient (Wildman–Crippen LogP) is 1.92. The van der Waals surface area contributed by atoms with E-state index in [1.807, 2.05) is 0 Å². The van der Waals surface area contributed by atoms with Gasteiger partial charge in [0.2, 0.25) is 0 Å². The second-order valence-corrected chi connectivity index (χ2v) is 3.43. The maximum absolute atomic E-state index is 8.61. The van der Waals surface area contributed by atoms with Crippen molar-refractivity contribution < 1.29 is 0 Å². The number of nitrogens with one attached hydrogen (secondary N) is 1. The third-order valence-corrected chi connectivity index (χ3v) is 1.93. The minimum absolute atomic E-state index is 0.0139. The first-order chi connectivity index (χ1) is 7.13. The van der Waals surface area contributed by atoms with Crippen LogP contribution in [0.3, 0.4) is 0 Å². The molecule has 1 rings (SSSR count). The van der Waals surface area contributed by atoms with Crippen molar-refractivity contribution in [3.8, 4) is 6.07 Å². The Labute approximate surface area is 97.3 Å². The molecule has 0 aliphatic rings. The summed E-state index contributed by atoms with van der Waals surface area (Å²) in [6, 6.07) is 8.62. The van der Waals surface area contributed by atoms with Gasteiger partial charge in [-0.1, -0.05) is 23.8 Å². The average Bonchev–Trinajstić information content (AvgIpc) is 2.21. The van der Waals surface area contributed by atoms with E-state index in [1.165, 1.54) is 0 Å². The second-order valence-electron chi connectivity index (χ2n) is 2.56. The molecule has 3 N–H and O–H groups in total. The van der Waals surface area contributed by atoms with Crippen LogP contribution in [-0.4, -0.2) is 10.7 Å². The smallest absolute Gasteiger partial charge is 0.194 e. The van der Waals surface area contributed by atoms with Crippen LogP contribution in [0.15, 0.2) is 29.4 Å². The van der Waals surface area contributed by atoms with Gasteiger partial charge in [0.15, 0.2) is 5.71 Å². The van der Waals surface area contributed by atoms with E-state index in [4.69, 9.17) is 22.6 Å². The number of nitrogens with two attached hydrogens (primary N) is 1. The van der Waals surface area contributed by atoms with Crippen LogP contribution >= 0.6 is 23.8 Å². The molecule has 0 saturated carbocycles. The molecule has 1 aromatic carbocycles. The maximum atomic E-state index is 8.61. The highest BCUT2D eigenvalue weighted by Crippen LogP contribution is 2.13. The molecule has 0 radical (unpaired) electrons. The van der Waals surface area contributed by atoms with Gasteiger partial charge in [0.1, 0.15) is 11.1 Å². The number of anilines is 1. The van der Waals surface area contributed by atoms with E-state index in [1.54, 1.807) is 30.3 Å². The summed E-state index contributed by atoms with van der Waals surface area (Å²) in [5.41, 5.74) is 8.58. The number of rotatable bonds is 3. The van der Waals surface area contributed by atoms with E-state index in [-0.39, 0.29) is 10.7 Å². The van der Waals surface area contributed by atoms with Crippen molar-refractivity contribution in [3.63, 3.8) is 0 Å². The van der Waals surface area contributed by atoms with Crippen molar-refractivity contribution >= 4 is 40.2 Å². The van der Waals surface area contributed by atoms with Crippen molar-refractivity contribution in [2.45, 2.75) is 0 Å². The molecule has 0 fully saturated rings. The highest BCUT2D eigenvalue weighted by Gasteiger charge is 2.00. The highest BCUT2D eigenvalue weighted by molar-refractivity contribution is 7.82. The van der Waals surface area contributed by atoms with Crippen LogP contribution in [0.5, 0.6) is 0 Å². The van der Waals surface area contributed by atoms with Crippen LogP contribution in [0.1, 0.15) is 0 Å². The number of hydrogen-bond acceptors (Lipinski definition) is 4. The zero-order chi connectivity index (χ0) is 11.3. The van der Waals surface area contributed by atoms with Gasteiger partial charge in [-0.3, -0.25) is 5.43 Å². The molecule has 0 spiro atoms. The summed E-state index contributed by atoms with van der Waals surface area (Å²) < 4.78 is 0.